The lowest BCUT2D eigenvalue weighted by atomic mass is 9.74. The third-order valence-electron chi connectivity index (χ3n) is 7.74. The van der Waals surface area contributed by atoms with Crippen molar-refractivity contribution in [1.82, 2.24) is 15.1 Å². The third-order valence-corrected chi connectivity index (χ3v) is 7.74. The van der Waals surface area contributed by atoms with Gasteiger partial charge in [0.15, 0.2) is 0 Å². The first-order chi connectivity index (χ1) is 15.7. The zero-order chi connectivity index (χ0) is 21.9. The number of fused-ring (bicyclic) bond motifs is 1. The third kappa shape index (κ3) is 4.28. The van der Waals surface area contributed by atoms with Crippen LogP contribution in [0, 0.1) is 0 Å². The van der Waals surface area contributed by atoms with Gasteiger partial charge in [-0.2, -0.15) is 0 Å². The van der Waals surface area contributed by atoms with Gasteiger partial charge in [0, 0.05) is 37.1 Å². The Bertz CT molecular complexity index is 895. The van der Waals surface area contributed by atoms with Crippen LogP contribution in [-0.4, -0.2) is 65.3 Å². The standard InChI is InChI=1S/C27H35N3O2/c31-19-25-26(22-14-12-21(13-15-22)20-8-2-1-3-9-20)24-18-29(16-6-7-17-30(24)25)27(32)28-23-10-4-5-11-23/h1-3,8-9,12-15,23-26,31H,4-7,10-11,16-19H2,(H,28,32)/t24-,25-,26-/m1/s1. The number of aliphatic hydroxyl groups is 1. The van der Waals surface area contributed by atoms with E-state index in [0.717, 1.165) is 45.3 Å². The van der Waals surface area contributed by atoms with Crippen LogP contribution in [0.15, 0.2) is 54.6 Å². The lowest BCUT2D eigenvalue weighted by molar-refractivity contribution is -0.0591. The summed E-state index contributed by atoms with van der Waals surface area (Å²) in [5, 5.41) is 13.5. The van der Waals surface area contributed by atoms with Gasteiger partial charge in [0.05, 0.1) is 6.61 Å². The van der Waals surface area contributed by atoms with E-state index in [2.05, 4.69) is 58.7 Å². The number of nitrogens with zero attached hydrogens (tertiary/aromatic N) is 2. The number of nitrogens with one attached hydrogen (secondary N) is 1. The first-order valence-corrected chi connectivity index (χ1v) is 12.3. The molecule has 0 spiro atoms. The number of hydrogen-bond acceptors (Lipinski definition) is 3. The fourth-order valence-electron chi connectivity index (χ4n) is 5.99. The van der Waals surface area contributed by atoms with Gasteiger partial charge in [-0.25, -0.2) is 4.79 Å². The molecule has 2 heterocycles. The van der Waals surface area contributed by atoms with Crippen molar-refractivity contribution in [3.63, 3.8) is 0 Å². The largest absolute Gasteiger partial charge is 0.395 e. The fourth-order valence-corrected chi connectivity index (χ4v) is 5.99. The van der Waals surface area contributed by atoms with Crippen molar-refractivity contribution in [2.24, 2.45) is 0 Å². The maximum absolute atomic E-state index is 13.0. The second-order valence-corrected chi connectivity index (χ2v) is 9.65. The topological polar surface area (TPSA) is 55.8 Å². The van der Waals surface area contributed by atoms with E-state index >= 15 is 0 Å². The minimum atomic E-state index is 0.101. The Morgan fingerprint density at radius 3 is 2.31 bits per heavy atom. The van der Waals surface area contributed by atoms with Crippen LogP contribution in [0.4, 0.5) is 4.79 Å². The minimum Gasteiger partial charge on any atom is -0.395 e. The second-order valence-electron chi connectivity index (χ2n) is 9.65. The van der Waals surface area contributed by atoms with Crippen LogP contribution in [-0.2, 0) is 0 Å². The molecule has 32 heavy (non-hydrogen) atoms. The van der Waals surface area contributed by atoms with Crippen LogP contribution < -0.4 is 5.32 Å². The van der Waals surface area contributed by atoms with Crippen LogP contribution >= 0.6 is 0 Å². The number of rotatable bonds is 4. The molecule has 2 aliphatic heterocycles. The molecule has 0 bridgehead atoms. The highest BCUT2D eigenvalue weighted by atomic mass is 16.3. The number of aliphatic hydroxyl groups excluding tert-OH is 1. The first-order valence-electron chi connectivity index (χ1n) is 12.3. The SMILES string of the molecule is O=C(NC1CCCC1)N1CCCCN2[C@H](CO)[C@H](c3ccc(-c4ccccc4)cc3)[C@H]2C1. The molecule has 5 nitrogen and oxygen atoms in total. The van der Waals surface area contributed by atoms with Crippen molar-refractivity contribution in [2.45, 2.75) is 62.6 Å². The van der Waals surface area contributed by atoms with Crippen molar-refractivity contribution in [3.05, 3.63) is 60.2 Å². The Morgan fingerprint density at radius 1 is 0.906 bits per heavy atom. The van der Waals surface area contributed by atoms with Gasteiger partial charge in [0.1, 0.15) is 0 Å². The molecule has 0 aromatic heterocycles. The van der Waals surface area contributed by atoms with Crippen molar-refractivity contribution in [1.29, 1.82) is 0 Å². The summed E-state index contributed by atoms with van der Waals surface area (Å²) in [5.74, 6) is 0.254. The van der Waals surface area contributed by atoms with Crippen molar-refractivity contribution < 1.29 is 9.90 Å². The molecule has 5 rings (SSSR count). The number of benzene rings is 2. The summed E-state index contributed by atoms with van der Waals surface area (Å²) in [6, 6.07) is 20.1. The van der Waals surface area contributed by atoms with Crippen molar-refractivity contribution in [2.75, 3.05) is 26.2 Å². The van der Waals surface area contributed by atoms with E-state index in [4.69, 9.17) is 0 Å². The quantitative estimate of drug-likeness (QED) is 0.759. The molecule has 2 amide bonds. The molecule has 0 unspecified atom stereocenters. The van der Waals surface area contributed by atoms with E-state index in [0.29, 0.717) is 6.04 Å². The van der Waals surface area contributed by atoms with Crippen LogP contribution in [0.3, 0.4) is 0 Å². The molecule has 3 fully saturated rings. The van der Waals surface area contributed by atoms with E-state index in [-0.39, 0.29) is 30.6 Å². The maximum Gasteiger partial charge on any atom is 0.317 e. The normalized spacial score (nSPS) is 26.7. The van der Waals surface area contributed by atoms with Crippen molar-refractivity contribution in [3.8, 4) is 11.1 Å². The van der Waals surface area contributed by atoms with Gasteiger partial charge in [-0.05, 0) is 48.9 Å². The number of carbonyl (C=O) groups excluding carboxylic acids is 1. The lowest BCUT2D eigenvalue weighted by Crippen LogP contribution is -2.68. The van der Waals surface area contributed by atoms with Crippen molar-refractivity contribution >= 4 is 6.03 Å². The summed E-state index contributed by atoms with van der Waals surface area (Å²) in [5.41, 5.74) is 3.69. The van der Waals surface area contributed by atoms with Gasteiger partial charge in [-0.1, -0.05) is 67.4 Å². The van der Waals surface area contributed by atoms with Gasteiger partial charge >= 0.3 is 6.03 Å². The summed E-state index contributed by atoms with van der Waals surface area (Å²) >= 11 is 0. The predicted octanol–water partition coefficient (Wildman–Crippen LogP) is 4.23. The van der Waals surface area contributed by atoms with Gasteiger partial charge in [-0.3, -0.25) is 4.90 Å². The van der Waals surface area contributed by atoms with Crippen LogP contribution in [0.5, 0.6) is 0 Å². The number of hydrogen-bond donors (Lipinski definition) is 2. The summed E-state index contributed by atoms with van der Waals surface area (Å²) in [6.45, 7) is 2.73. The average Bonchev–Trinajstić information content (AvgIpc) is 3.32. The molecule has 2 saturated heterocycles. The monoisotopic (exact) mass is 433 g/mol. The molecule has 2 N–H and O–H groups in total. The molecule has 3 atom stereocenters. The van der Waals surface area contributed by atoms with Crippen LogP contribution in [0.2, 0.25) is 0 Å². The summed E-state index contributed by atoms with van der Waals surface area (Å²) in [4.78, 5) is 17.5. The predicted molar refractivity (Wildman–Crippen MR) is 128 cm³/mol. The molecule has 5 heteroatoms. The van der Waals surface area contributed by atoms with E-state index in [1.165, 1.54) is 29.5 Å². The zero-order valence-corrected chi connectivity index (χ0v) is 18.8. The highest BCUT2D eigenvalue weighted by Crippen LogP contribution is 2.42. The fraction of sp³-hybridized carbons (Fsp3) is 0.519. The molecule has 3 aliphatic rings. The van der Waals surface area contributed by atoms with Gasteiger partial charge in [-0.15, -0.1) is 0 Å². The van der Waals surface area contributed by atoms with Crippen LogP contribution in [0.1, 0.15) is 50.0 Å². The summed E-state index contributed by atoms with van der Waals surface area (Å²) < 4.78 is 0. The summed E-state index contributed by atoms with van der Waals surface area (Å²) in [7, 11) is 0. The zero-order valence-electron chi connectivity index (χ0n) is 18.8. The highest BCUT2D eigenvalue weighted by molar-refractivity contribution is 5.74. The number of carbonyl (C=O) groups is 1. The smallest absolute Gasteiger partial charge is 0.317 e. The van der Waals surface area contributed by atoms with E-state index in [1.54, 1.807) is 0 Å². The summed E-state index contributed by atoms with van der Waals surface area (Å²) in [6.07, 6.45) is 6.76. The second kappa shape index (κ2) is 9.63. The number of amides is 2. The lowest BCUT2D eigenvalue weighted by Gasteiger charge is -2.57. The van der Waals surface area contributed by atoms with E-state index in [9.17, 15) is 9.90 Å². The molecule has 2 aromatic rings. The number of urea groups is 1. The molecular weight excluding hydrogens is 398 g/mol. The van der Waals surface area contributed by atoms with Gasteiger partial charge in [0.2, 0.25) is 0 Å². The molecular formula is C27H35N3O2. The minimum absolute atomic E-state index is 0.101. The van der Waals surface area contributed by atoms with Crippen LogP contribution in [0.25, 0.3) is 11.1 Å². The molecule has 170 valence electrons. The molecule has 2 aromatic carbocycles. The first kappa shape index (κ1) is 21.5. The Labute approximate surface area is 191 Å². The molecule has 1 saturated carbocycles. The van der Waals surface area contributed by atoms with E-state index in [1.807, 2.05) is 11.0 Å². The Hall–Kier alpha value is -2.37. The molecule has 0 radical (unpaired) electrons. The maximum atomic E-state index is 13.0. The Balaban J connectivity index is 1.33. The average molecular weight is 434 g/mol. The highest BCUT2D eigenvalue weighted by Gasteiger charge is 2.49. The van der Waals surface area contributed by atoms with Gasteiger partial charge < -0.3 is 15.3 Å². The van der Waals surface area contributed by atoms with E-state index < -0.39 is 0 Å². The molecule has 1 aliphatic carbocycles. The van der Waals surface area contributed by atoms with Gasteiger partial charge in [0.25, 0.3) is 0 Å². The Kier molecular flexibility index (Phi) is 6.47. The Morgan fingerprint density at radius 2 is 1.59 bits per heavy atom.